The van der Waals surface area contributed by atoms with Gasteiger partial charge in [-0.05, 0) is 37.1 Å². The molecule has 0 unspecified atom stereocenters. The van der Waals surface area contributed by atoms with Crippen LogP contribution in [-0.2, 0) is 22.4 Å². The van der Waals surface area contributed by atoms with Gasteiger partial charge in [0.2, 0.25) is 5.91 Å². The molecule has 24 heavy (non-hydrogen) atoms. The second-order valence-corrected chi connectivity index (χ2v) is 7.02. The number of ether oxygens (including phenoxy) is 1. The zero-order valence-electron chi connectivity index (χ0n) is 14.5. The third-order valence-electron chi connectivity index (χ3n) is 5.33. The number of methoxy groups -OCH3 is 1. The lowest BCUT2D eigenvalue weighted by Gasteiger charge is -2.42. The number of hydrogen-bond donors (Lipinski definition) is 2. The summed E-state index contributed by atoms with van der Waals surface area (Å²) in [5.41, 5.74) is 2.04. The maximum Gasteiger partial charge on any atom is 0.241 e. The SMILES string of the molecule is COC[C@H](O)CNC(=O)C1(N2CCCCC2)Cc2ccccc2C1. The lowest BCUT2D eigenvalue weighted by molar-refractivity contribution is -0.134. The van der Waals surface area contributed by atoms with Crippen LogP contribution in [0.3, 0.4) is 0 Å². The highest BCUT2D eigenvalue weighted by Gasteiger charge is 2.48. The third-order valence-corrected chi connectivity index (χ3v) is 5.33. The molecule has 0 aromatic heterocycles. The van der Waals surface area contributed by atoms with Crippen LogP contribution < -0.4 is 5.32 Å². The largest absolute Gasteiger partial charge is 0.389 e. The van der Waals surface area contributed by atoms with Crippen LogP contribution in [-0.4, -0.2) is 60.9 Å². The molecule has 0 bridgehead atoms. The van der Waals surface area contributed by atoms with E-state index in [0.717, 1.165) is 38.8 Å². The minimum absolute atomic E-state index is 0.0377. The van der Waals surface area contributed by atoms with Gasteiger partial charge in [-0.25, -0.2) is 0 Å². The lowest BCUT2D eigenvalue weighted by atomic mass is 9.89. The minimum atomic E-state index is -0.666. The standard InChI is InChI=1S/C19H28N2O3/c1-24-14-17(22)13-20-18(23)19(21-9-5-2-6-10-21)11-15-7-3-4-8-16(15)12-19/h3-4,7-8,17,22H,2,5-6,9-14H2,1H3,(H,20,23)/t17-/m1/s1. The van der Waals surface area contributed by atoms with Crippen molar-refractivity contribution in [2.45, 2.75) is 43.7 Å². The van der Waals surface area contributed by atoms with E-state index in [-0.39, 0.29) is 19.1 Å². The third kappa shape index (κ3) is 3.48. The van der Waals surface area contributed by atoms with Crippen molar-refractivity contribution in [3.63, 3.8) is 0 Å². The molecule has 1 aliphatic carbocycles. The Bertz CT molecular complexity index is 544. The predicted molar refractivity (Wildman–Crippen MR) is 92.9 cm³/mol. The van der Waals surface area contributed by atoms with Crippen molar-refractivity contribution in [3.8, 4) is 0 Å². The number of hydrogen-bond acceptors (Lipinski definition) is 4. The monoisotopic (exact) mass is 332 g/mol. The van der Waals surface area contributed by atoms with Gasteiger partial charge in [-0.1, -0.05) is 30.7 Å². The van der Waals surface area contributed by atoms with Crippen molar-refractivity contribution >= 4 is 5.91 Å². The zero-order valence-corrected chi connectivity index (χ0v) is 14.5. The van der Waals surface area contributed by atoms with Gasteiger partial charge in [0, 0.05) is 26.5 Å². The molecule has 1 aromatic carbocycles. The Morgan fingerprint density at radius 3 is 2.46 bits per heavy atom. The summed E-state index contributed by atoms with van der Waals surface area (Å²) in [7, 11) is 1.55. The first-order valence-electron chi connectivity index (χ1n) is 8.93. The summed E-state index contributed by atoms with van der Waals surface area (Å²) in [4.78, 5) is 15.5. The summed E-state index contributed by atoms with van der Waals surface area (Å²) >= 11 is 0. The summed E-state index contributed by atoms with van der Waals surface area (Å²) in [6.45, 7) is 2.42. The number of carbonyl (C=O) groups excluding carboxylic acids is 1. The molecular formula is C19H28N2O3. The molecule has 2 aliphatic rings. The second-order valence-electron chi connectivity index (χ2n) is 7.02. The molecule has 0 saturated carbocycles. The highest BCUT2D eigenvalue weighted by Crippen LogP contribution is 2.36. The van der Waals surface area contributed by atoms with Gasteiger partial charge in [-0.3, -0.25) is 9.69 Å². The lowest BCUT2D eigenvalue weighted by Crippen LogP contribution is -2.61. The van der Waals surface area contributed by atoms with Crippen LogP contribution >= 0.6 is 0 Å². The number of aliphatic hydroxyl groups is 1. The molecule has 3 rings (SSSR count). The van der Waals surface area contributed by atoms with E-state index in [0.29, 0.717) is 0 Å². The Morgan fingerprint density at radius 1 is 1.25 bits per heavy atom. The van der Waals surface area contributed by atoms with Gasteiger partial charge in [-0.15, -0.1) is 0 Å². The van der Waals surface area contributed by atoms with Crippen molar-refractivity contribution in [2.75, 3.05) is 33.4 Å². The van der Waals surface area contributed by atoms with Gasteiger partial charge in [0.25, 0.3) is 0 Å². The van der Waals surface area contributed by atoms with Gasteiger partial charge in [0.1, 0.15) is 5.54 Å². The molecule has 0 spiro atoms. The van der Waals surface area contributed by atoms with E-state index in [1.54, 1.807) is 7.11 Å². The number of fused-ring (bicyclic) bond motifs is 1. The summed E-state index contributed by atoms with van der Waals surface area (Å²) in [6, 6.07) is 8.36. The average molecular weight is 332 g/mol. The summed E-state index contributed by atoms with van der Waals surface area (Å²) in [5.74, 6) is 0.0377. The smallest absolute Gasteiger partial charge is 0.241 e. The van der Waals surface area contributed by atoms with Crippen molar-refractivity contribution in [1.82, 2.24) is 10.2 Å². The Morgan fingerprint density at radius 2 is 1.88 bits per heavy atom. The average Bonchev–Trinajstić information content (AvgIpc) is 3.01. The number of amides is 1. The quantitative estimate of drug-likeness (QED) is 0.820. The number of benzene rings is 1. The van der Waals surface area contributed by atoms with Crippen LogP contribution in [0.1, 0.15) is 30.4 Å². The van der Waals surface area contributed by atoms with Crippen molar-refractivity contribution in [2.24, 2.45) is 0 Å². The molecule has 1 aliphatic heterocycles. The van der Waals surface area contributed by atoms with Crippen LogP contribution in [0.5, 0.6) is 0 Å². The zero-order chi connectivity index (χ0) is 17.0. The van der Waals surface area contributed by atoms with E-state index in [1.165, 1.54) is 17.5 Å². The topological polar surface area (TPSA) is 61.8 Å². The van der Waals surface area contributed by atoms with Crippen molar-refractivity contribution in [3.05, 3.63) is 35.4 Å². The number of likely N-dealkylation sites (tertiary alicyclic amines) is 1. The Hall–Kier alpha value is -1.43. The summed E-state index contributed by atoms with van der Waals surface area (Å²) in [6.07, 6.45) is 4.40. The van der Waals surface area contributed by atoms with Crippen LogP contribution in [0.25, 0.3) is 0 Å². The fourth-order valence-corrected chi connectivity index (χ4v) is 4.07. The highest BCUT2D eigenvalue weighted by atomic mass is 16.5. The van der Waals surface area contributed by atoms with Gasteiger partial charge in [-0.2, -0.15) is 0 Å². The fraction of sp³-hybridized carbons (Fsp3) is 0.632. The molecule has 1 heterocycles. The fourth-order valence-electron chi connectivity index (χ4n) is 4.07. The van der Waals surface area contributed by atoms with E-state index in [2.05, 4.69) is 22.3 Å². The molecule has 2 N–H and O–H groups in total. The Labute approximate surface area is 144 Å². The molecule has 1 amide bonds. The molecule has 0 radical (unpaired) electrons. The van der Waals surface area contributed by atoms with Gasteiger partial charge in [0.05, 0.1) is 12.7 Å². The number of nitrogens with one attached hydrogen (secondary N) is 1. The maximum absolute atomic E-state index is 13.1. The first-order valence-corrected chi connectivity index (χ1v) is 8.93. The first-order chi connectivity index (χ1) is 11.7. The predicted octanol–water partition coefficient (Wildman–Crippen LogP) is 1.13. The molecular weight excluding hydrogens is 304 g/mol. The molecule has 132 valence electrons. The second kappa shape index (κ2) is 7.64. The van der Waals surface area contributed by atoms with Crippen LogP contribution in [0, 0.1) is 0 Å². The van der Waals surface area contributed by atoms with Gasteiger partial charge < -0.3 is 15.2 Å². The van der Waals surface area contributed by atoms with Crippen molar-refractivity contribution in [1.29, 1.82) is 0 Å². The molecule has 1 fully saturated rings. The van der Waals surface area contributed by atoms with Crippen LogP contribution in [0.4, 0.5) is 0 Å². The van der Waals surface area contributed by atoms with Gasteiger partial charge in [0.15, 0.2) is 0 Å². The molecule has 1 aromatic rings. The normalized spacial score (nSPS) is 21.2. The van der Waals surface area contributed by atoms with E-state index in [1.807, 2.05) is 12.1 Å². The van der Waals surface area contributed by atoms with E-state index < -0.39 is 11.6 Å². The number of carbonyl (C=O) groups is 1. The van der Waals surface area contributed by atoms with Crippen molar-refractivity contribution < 1.29 is 14.6 Å². The molecule has 5 nitrogen and oxygen atoms in total. The van der Waals surface area contributed by atoms with E-state index in [9.17, 15) is 9.90 Å². The number of nitrogens with zero attached hydrogens (tertiary/aromatic N) is 1. The maximum atomic E-state index is 13.1. The number of piperidine rings is 1. The number of rotatable bonds is 6. The van der Waals surface area contributed by atoms with E-state index >= 15 is 0 Å². The first kappa shape index (κ1) is 17.4. The molecule has 1 saturated heterocycles. The summed E-state index contributed by atoms with van der Waals surface area (Å²) < 4.78 is 4.94. The van der Waals surface area contributed by atoms with Gasteiger partial charge >= 0.3 is 0 Å². The minimum Gasteiger partial charge on any atom is -0.389 e. The number of aliphatic hydroxyl groups excluding tert-OH is 1. The highest BCUT2D eigenvalue weighted by molar-refractivity contribution is 5.88. The molecule has 5 heteroatoms. The summed E-state index contributed by atoms with van der Waals surface area (Å²) in [5, 5.41) is 12.8. The Kier molecular flexibility index (Phi) is 5.54. The molecule has 1 atom stereocenters. The van der Waals surface area contributed by atoms with E-state index in [4.69, 9.17) is 4.74 Å². The Balaban J connectivity index is 1.77. The van der Waals surface area contributed by atoms with Crippen LogP contribution in [0.15, 0.2) is 24.3 Å². The van der Waals surface area contributed by atoms with Crippen LogP contribution in [0.2, 0.25) is 0 Å².